The fourth-order valence-electron chi connectivity index (χ4n) is 1.46. The first-order chi connectivity index (χ1) is 7.48. The fraction of sp³-hybridized carbons (Fsp3) is 0.333. The largest absolute Gasteiger partial charge is 0.294 e. The maximum atomic E-state index is 11.8. The average molecular weight is 217 g/mol. The van der Waals surface area contributed by atoms with E-state index in [4.69, 9.17) is 0 Å². The lowest BCUT2D eigenvalue weighted by molar-refractivity contribution is 0.560. The molecule has 0 bridgehead atoms. The molecule has 2 aromatic rings. The van der Waals surface area contributed by atoms with E-state index >= 15 is 0 Å². The van der Waals surface area contributed by atoms with Crippen LogP contribution >= 0.6 is 0 Å². The molecule has 4 nitrogen and oxygen atoms in total. The van der Waals surface area contributed by atoms with Gasteiger partial charge in [-0.3, -0.25) is 14.9 Å². The molecule has 0 saturated heterocycles. The summed E-state index contributed by atoms with van der Waals surface area (Å²) in [6, 6.07) is 5.23. The van der Waals surface area contributed by atoms with Gasteiger partial charge in [-0.2, -0.15) is 0 Å². The predicted octanol–water partition coefficient (Wildman–Crippen LogP) is 1.86. The second kappa shape index (κ2) is 3.63. The molecule has 0 radical (unpaired) electrons. The summed E-state index contributed by atoms with van der Waals surface area (Å²) in [4.78, 5) is 15.7. The fourth-order valence-corrected chi connectivity index (χ4v) is 1.46. The third-order valence-corrected chi connectivity index (χ3v) is 2.45. The molecular formula is C12H15N3O. The van der Waals surface area contributed by atoms with Gasteiger partial charge in [0, 0.05) is 29.6 Å². The molecule has 0 saturated carbocycles. The Morgan fingerprint density at radius 1 is 1.25 bits per heavy atom. The monoisotopic (exact) mass is 217 g/mol. The van der Waals surface area contributed by atoms with Gasteiger partial charge in [-0.15, -0.1) is 0 Å². The third-order valence-electron chi connectivity index (χ3n) is 2.45. The number of H-pyrrole nitrogens is 1. The van der Waals surface area contributed by atoms with Gasteiger partial charge in [-0.05, 0) is 12.1 Å². The number of aromatic nitrogens is 3. The zero-order valence-electron chi connectivity index (χ0n) is 9.69. The van der Waals surface area contributed by atoms with E-state index in [0.29, 0.717) is 0 Å². The Balaban J connectivity index is 2.53. The van der Waals surface area contributed by atoms with Crippen LogP contribution in [-0.4, -0.2) is 14.8 Å². The van der Waals surface area contributed by atoms with Gasteiger partial charge in [0.1, 0.15) is 0 Å². The summed E-state index contributed by atoms with van der Waals surface area (Å²) in [6.45, 7) is 6.19. The van der Waals surface area contributed by atoms with Crippen LogP contribution in [0.15, 0.2) is 35.4 Å². The molecule has 84 valence electrons. The minimum atomic E-state index is -0.0581. The zero-order chi connectivity index (χ0) is 11.8. The van der Waals surface area contributed by atoms with Gasteiger partial charge < -0.3 is 0 Å². The Labute approximate surface area is 93.9 Å². The molecule has 0 fully saturated rings. The summed E-state index contributed by atoms with van der Waals surface area (Å²) in [5, 5.41) is 3.11. The van der Waals surface area contributed by atoms with E-state index in [1.807, 2.05) is 0 Å². The topological polar surface area (TPSA) is 50.7 Å². The van der Waals surface area contributed by atoms with Gasteiger partial charge in [0.15, 0.2) is 0 Å². The van der Waals surface area contributed by atoms with Crippen LogP contribution in [0.5, 0.6) is 0 Å². The molecular weight excluding hydrogens is 202 g/mol. The van der Waals surface area contributed by atoms with Crippen LogP contribution in [0.1, 0.15) is 26.5 Å². The summed E-state index contributed by atoms with van der Waals surface area (Å²) in [5.41, 5.74) is 1.62. The van der Waals surface area contributed by atoms with Crippen LogP contribution in [0, 0.1) is 0 Å². The van der Waals surface area contributed by atoms with Gasteiger partial charge in [0.25, 0.3) is 5.56 Å². The number of nitrogens with one attached hydrogen (secondary N) is 1. The van der Waals surface area contributed by atoms with Crippen molar-refractivity contribution in [2.45, 2.75) is 26.2 Å². The molecule has 0 aliphatic carbocycles. The van der Waals surface area contributed by atoms with Crippen molar-refractivity contribution in [2.75, 3.05) is 0 Å². The summed E-state index contributed by atoms with van der Waals surface area (Å²) < 4.78 is 1.53. The van der Waals surface area contributed by atoms with Crippen molar-refractivity contribution in [3.63, 3.8) is 0 Å². The van der Waals surface area contributed by atoms with E-state index in [2.05, 4.69) is 30.9 Å². The van der Waals surface area contributed by atoms with E-state index in [-0.39, 0.29) is 11.0 Å². The van der Waals surface area contributed by atoms with Crippen LogP contribution in [0.2, 0.25) is 0 Å². The van der Waals surface area contributed by atoms with Gasteiger partial charge in [0.2, 0.25) is 0 Å². The number of pyridine rings is 1. The normalized spacial score (nSPS) is 11.7. The molecule has 0 amide bonds. The standard InChI is InChI=1S/C12H15N3O/c1-12(2,3)10-8-11(16)15(14-10)9-4-6-13-7-5-9/h4-8,14H,1-3H3. The van der Waals surface area contributed by atoms with E-state index in [0.717, 1.165) is 11.4 Å². The Hall–Kier alpha value is -1.84. The van der Waals surface area contributed by atoms with Crippen molar-refractivity contribution in [3.05, 3.63) is 46.6 Å². The first-order valence-electron chi connectivity index (χ1n) is 5.21. The molecule has 0 aliphatic rings. The van der Waals surface area contributed by atoms with Crippen LogP contribution in [-0.2, 0) is 5.41 Å². The van der Waals surface area contributed by atoms with Crippen molar-refractivity contribution >= 4 is 0 Å². The van der Waals surface area contributed by atoms with Crippen molar-refractivity contribution in [1.82, 2.24) is 14.8 Å². The first kappa shape index (κ1) is 10.7. The second-order valence-corrected chi connectivity index (χ2v) is 4.80. The lowest BCUT2D eigenvalue weighted by atomic mass is 9.93. The molecule has 2 aromatic heterocycles. The highest BCUT2D eigenvalue weighted by Crippen LogP contribution is 2.18. The molecule has 0 aliphatic heterocycles. The maximum Gasteiger partial charge on any atom is 0.271 e. The molecule has 16 heavy (non-hydrogen) atoms. The van der Waals surface area contributed by atoms with Gasteiger partial charge in [-0.25, -0.2) is 4.68 Å². The zero-order valence-corrected chi connectivity index (χ0v) is 9.69. The highest BCUT2D eigenvalue weighted by Gasteiger charge is 2.17. The minimum absolute atomic E-state index is 0.0453. The Morgan fingerprint density at radius 3 is 2.38 bits per heavy atom. The lowest BCUT2D eigenvalue weighted by Crippen LogP contribution is -2.14. The summed E-state index contributed by atoms with van der Waals surface area (Å²) in [7, 11) is 0. The van der Waals surface area contributed by atoms with E-state index in [1.165, 1.54) is 4.68 Å². The maximum absolute atomic E-state index is 11.8. The van der Waals surface area contributed by atoms with E-state index < -0.39 is 0 Å². The summed E-state index contributed by atoms with van der Waals surface area (Å²) in [6.07, 6.45) is 3.33. The Kier molecular flexibility index (Phi) is 2.42. The second-order valence-electron chi connectivity index (χ2n) is 4.80. The predicted molar refractivity (Wildman–Crippen MR) is 62.9 cm³/mol. The van der Waals surface area contributed by atoms with E-state index in [9.17, 15) is 4.79 Å². The van der Waals surface area contributed by atoms with Crippen molar-refractivity contribution in [3.8, 4) is 5.69 Å². The minimum Gasteiger partial charge on any atom is -0.294 e. The van der Waals surface area contributed by atoms with Crippen LogP contribution < -0.4 is 5.56 Å². The third kappa shape index (κ3) is 1.91. The summed E-state index contributed by atoms with van der Waals surface area (Å²) in [5.74, 6) is 0. The van der Waals surface area contributed by atoms with Gasteiger partial charge >= 0.3 is 0 Å². The first-order valence-corrected chi connectivity index (χ1v) is 5.21. The average Bonchev–Trinajstić information content (AvgIpc) is 2.61. The van der Waals surface area contributed by atoms with Crippen molar-refractivity contribution in [1.29, 1.82) is 0 Å². The summed E-state index contributed by atoms with van der Waals surface area (Å²) >= 11 is 0. The number of aromatic amines is 1. The Morgan fingerprint density at radius 2 is 1.88 bits per heavy atom. The molecule has 2 rings (SSSR count). The molecule has 4 heteroatoms. The SMILES string of the molecule is CC(C)(C)c1cc(=O)n(-c2ccncc2)[nH]1. The number of hydrogen-bond donors (Lipinski definition) is 1. The smallest absolute Gasteiger partial charge is 0.271 e. The quantitative estimate of drug-likeness (QED) is 0.792. The highest BCUT2D eigenvalue weighted by atomic mass is 16.1. The lowest BCUT2D eigenvalue weighted by Gasteiger charge is -2.15. The van der Waals surface area contributed by atoms with Gasteiger partial charge in [0.05, 0.1) is 5.69 Å². The van der Waals surface area contributed by atoms with Crippen molar-refractivity contribution in [2.24, 2.45) is 0 Å². The molecule has 0 aromatic carbocycles. The molecule has 2 heterocycles. The van der Waals surface area contributed by atoms with E-state index in [1.54, 1.807) is 30.6 Å². The molecule has 1 N–H and O–H groups in total. The molecule has 0 atom stereocenters. The van der Waals surface area contributed by atoms with Crippen molar-refractivity contribution < 1.29 is 0 Å². The molecule has 0 spiro atoms. The number of rotatable bonds is 1. The molecule has 0 unspecified atom stereocenters. The van der Waals surface area contributed by atoms with Crippen LogP contribution in [0.3, 0.4) is 0 Å². The van der Waals surface area contributed by atoms with Crippen LogP contribution in [0.25, 0.3) is 5.69 Å². The number of hydrogen-bond acceptors (Lipinski definition) is 2. The van der Waals surface area contributed by atoms with Gasteiger partial charge in [-0.1, -0.05) is 20.8 Å². The van der Waals surface area contributed by atoms with Crippen LogP contribution in [0.4, 0.5) is 0 Å². The highest BCUT2D eigenvalue weighted by molar-refractivity contribution is 5.28. The Bertz CT molecular complexity index is 531. The number of nitrogens with zero attached hydrogens (tertiary/aromatic N) is 2.